The number of hydrogen-bond acceptors (Lipinski definition) is 2. The third-order valence-corrected chi connectivity index (χ3v) is 2.71. The number of amides is 1. The number of rotatable bonds is 3. The van der Waals surface area contributed by atoms with Gasteiger partial charge in [0, 0.05) is 18.9 Å². The molecule has 0 spiro atoms. The second-order valence-corrected chi connectivity index (χ2v) is 4.02. The number of halogens is 1. The van der Waals surface area contributed by atoms with Crippen LogP contribution in [0.2, 0.25) is 0 Å². The molecule has 0 saturated carbocycles. The Hall–Kier alpha value is -2.17. The van der Waals surface area contributed by atoms with Crippen molar-refractivity contribution in [1.82, 2.24) is 14.9 Å². The molecule has 1 aromatic carbocycles. The summed E-state index contributed by atoms with van der Waals surface area (Å²) in [5.74, 6) is -0.237. The first-order valence-corrected chi connectivity index (χ1v) is 5.68. The van der Waals surface area contributed by atoms with Gasteiger partial charge in [0.1, 0.15) is 12.1 Å². The molecule has 4 nitrogen and oxygen atoms in total. The zero-order chi connectivity index (χ0) is 13.0. The molecular weight excluding hydrogens is 233 g/mol. The topological polar surface area (TPSA) is 46.9 Å². The fraction of sp³-hybridized carbons (Fsp3) is 0.231. The summed E-state index contributed by atoms with van der Waals surface area (Å²) in [4.78, 5) is 15.4. The van der Waals surface area contributed by atoms with Gasteiger partial charge in [-0.15, -0.1) is 0 Å². The van der Waals surface area contributed by atoms with E-state index >= 15 is 0 Å². The van der Waals surface area contributed by atoms with E-state index < -0.39 is 0 Å². The lowest BCUT2D eigenvalue weighted by atomic mass is 10.1. The number of aryl methyl sites for hydroxylation is 1. The van der Waals surface area contributed by atoms with E-state index in [0.29, 0.717) is 13.0 Å². The SMILES string of the molecule is Cc1cc(F)ccc1CCNC(=O)n1ccnc1. The van der Waals surface area contributed by atoms with Crippen molar-refractivity contribution >= 4 is 6.03 Å². The average Bonchev–Trinajstić information content (AvgIpc) is 2.85. The number of carbonyl (C=O) groups is 1. The van der Waals surface area contributed by atoms with Crippen LogP contribution in [0.4, 0.5) is 9.18 Å². The van der Waals surface area contributed by atoms with E-state index in [9.17, 15) is 9.18 Å². The molecule has 94 valence electrons. The Bertz CT molecular complexity index is 537. The summed E-state index contributed by atoms with van der Waals surface area (Å²) in [6.07, 6.45) is 5.24. The van der Waals surface area contributed by atoms with Crippen LogP contribution in [-0.4, -0.2) is 22.1 Å². The minimum Gasteiger partial charge on any atom is -0.337 e. The number of nitrogens with one attached hydrogen (secondary N) is 1. The molecule has 0 aliphatic rings. The fourth-order valence-electron chi connectivity index (χ4n) is 1.71. The van der Waals surface area contributed by atoms with E-state index in [0.717, 1.165) is 11.1 Å². The van der Waals surface area contributed by atoms with Crippen LogP contribution in [0.1, 0.15) is 11.1 Å². The largest absolute Gasteiger partial charge is 0.337 e. The summed E-state index contributed by atoms with van der Waals surface area (Å²) in [7, 11) is 0. The zero-order valence-electron chi connectivity index (χ0n) is 10.1. The van der Waals surface area contributed by atoms with Crippen LogP contribution in [0, 0.1) is 12.7 Å². The molecule has 2 aromatic rings. The molecule has 0 saturated heterocycles. The summed E-state index contributed by atoms with van der Waals surface area (Å²) in [6, 6.07) is 4.45. The van der Waals surface area contributed by atoms with Gasteiger partial charge in [0.2, 0.25) is 0 Å². The van der Waals surface area contributed by atoms with Crippen LogP contribution < -0.4 is 5.32 Å². The molecule has 18 heavy (non-hydrogen) atoms. The van der Waals surface area contributed by atoms with E-state index in [2.05, 4.69) is 10.3 Å². The summed E-state index contributed by atoms with van der Waals surface area (Å²) < 4.78 is 14.3. The summed E-state index contributed by atoms with van der Waals surface area (Å²) in [6.45, 7) is 2.36. The Kier molecular flexibility index (Phi) is 3.72. The highest BCUT2D eigenvalue weighted by molar-refractivity contribution is 5.76. The highest BCUT2D eigenvalue weighted by Gasteiger charge is 2.04. The maximum atomic E-state index is 12.9. The molecule has 0 aliphatic heterocycles. The van der Waals surface area contributed by atoms with Crippen LogP contribution in [0.5, 0.6) is 0 Å². The van der Waals surface area contributed by atoms with Gasteiger partial charge in [-0.1, -0.05) is 6.07 Å². The predicted octanol–water partition coefficient (Wildman–Crippen LogP) is 2.13. The third-order valence-electron chi connectivity index (χ3n) is 2.71. The molecule has 0 fully saturated rings. The summed E-state index contributed by atoms with van der Waals surface area (Å²) >= 11 is 0. The monoisotopic (exact) mass is 247 g/mol. The molecule has 1 heterocycles. The third kappa shape index (κ3) is 2.94. The number of nitrogens with zero attached hydrogens (tertiary/aromatic N) is 2. The van der Waals surface area contributed by atoms with Gasteiger partial charge < -0.3 is 5.32 Å². The van der Waals surface area contributed by atoms with Crippen LogP contribution in [0.15, 0.2) is 36.9 Å². The highest BCUT2D eigenvalue weighted by atomic mass is 19.1. The second kappa shape index (κ2) is 5.44. The van der Waals surface area contributed by atoms with E-state index in [-0.39, 0.29) is 11.8 Å². The average molecular weight is 247 g/mol. The zero-order valence-corrected chi connectivity index (χ0v) is 10.1. The molecule has 1 aromatic heterocycles. The quantitative estimate of drug-likeness (QED) is 0.903. The molecule has 1 amide bonds. The minimum atomic E-state index is -0.237. The Morgan fingerprint density at radius 1 is 1.50 bits per heavy atom. The molecule has 0 radical (unpaired) electrons. The predicted molar refractivity (Wildman–Crippen MR) is 65.9 cm³/mol. The Morgan fingerprint density at radius 2 is 2.33 bits per heavy atom. The number of hydrogen-bond donors (Lipinski definition) is 1. The van der Waals surface area contributed by atoms with Crippen molar-refractivity contribution < 1.29 is 9.18 Å². The minimum absolute atomic E-state index is 0.215. The molecule has 0 aliphatic carbocycles. The molecule has 0 bridgehead atoms. The number of benzene rings is 1. The van der Waals surface area contributed by atoms with Crippen LogP contribution in [-0.2, 0) is 6.42 Å². The smallest absolute Gasteiger partial charge is 0.326 e. The van der Waals surface area contributed by atoms with Gasteiger partial charge in [0.05, 0.1) is 0 Å². The van der Waals surface area contributed by atoms with Crippen molar-refractivity contribution in [3.63, 3.8) is 0 Å². The fourth-order valence-corrected chi connectivity index (χ4v) is 1.71. The van der Waals surface area contributed by atoms with Crippen LogP contribution >= 0.6 is 0 Å². The summed E-state index contributed by atoms with van der Waals surface area (Å²) in [5, 5.41) is 2.77. The van der Waals surface area contributed by atoms with Crippen molar-refractivity contribution in [2.75, 3.05) is 6.54 Å². The van der Waals surface area contributed by atoms with Gasteiger partial charge in [-0.3, -0.25) is 4.57 Å². The van der Waals surface area contributed by atoms with E-state index in [1.165, 1.54) is 23.0 Å². The maximum Gasteiger partial charge on any atom is 0.326 e. The van der Waals surface area contributed by atoms with Gasteiger partial charge in [-0.25, -0.2) is 14.2 Å². The van der Waals surface area contributed by atoms with E-state index in [1.807, 2.05) is 6.92 Å². The second-order valence-electron chi connectivity index (χ2n) is 4.02. The van der Waals surface area contributed by atoms with Crippen LogP contribution in [0.3, 0.4) is 0 Å². The molecular formula is C13H14FN3O. The Balaban J connectivity index is 1.87. The van der Waals surface area contributed by atoms with Crippen molar-refractivity contribution in [3.05, 3.63) is 53.9 Å². The lowest BCUT2D eigenvalue weighted by Crippen LogP contribution is -2.29. The molecule has 5 heteroatoms. The normalized spacial score (nSPS) is 10.3. The number of carbonyl (C=O) groups excluding carboxylic acids is 1. The first kappa shape index (κ1) is 12.3. The van der Waals surface area contributed by atoms with Gasteiger partial charge in [0.15, 0.2) is 0 Å². The maximum absolute atomic E-state index is 12.9. The number of aromatic nitrogens is 2. The van der Waals surface area contributed by atoms with Crippen molar-refractivity contribution in [1.29, 1.82) is 0 Å². The number of imidazole rings is 1. The molecule has 0 unspecified atom stereocenters. The van der Waals surface area contributed by atoms with Gasteiger partial charge >= 0.3 is 6.03 Å². The van der Waals surface area contributed by atoms with E-state index in [4.69, 9.17) is 0 Å². The van der Waals surface area contributed by atoms with Gasteiger partial charge in [-0.05, 0) is 36.6 Å². The van der Waals surface area contributed by atoms with Gasteiger partial charge in [0.25, 0.3) is 0 Å². The molecule has 1 N–H and O–H groups in total. The first-order chi connectivity index (χ1) is 8.66. The summed E-state index contributed by atoms with van der Waals surface area (Å²) in [5.41, 5.74) is 1.93. The van der Waals surface area contributed by atoms with Crippen molar-refractivity contribution in [3.8, 4) is 0 Å². The first-order valence-electron chi connectivity index (χ1n) is 5.68. The lowest BCUT2D eigenvalue weighted by Gasteiger charge is -2.07. The lowest BCUT2D eigenvalue weighted by molar-refractivity contribution is 0.242. The standard InChI is InChI=1S/C13H14FN3O/c1-10-8-12(14)3-2-11(10)4-5-16-13(18)17-7-6-15-9-17/h2-3,6-9H,4-5H2,1H3,(H,16,18). The highest BCUT2D eigenvalue weighted by Crippen LogP contribution is 2.10. The molecule has 2 rings (SSSR count). The Morgan fingerprint density at radius 3 is 3.00 bits per heavy atom. The van der Waals surface area contributed by atoms with E-state index in [1.54, 1.807) is 18.5 Å². The van der Waals surface area contributed by atoms with Crippen LogP contribution in [0.25, 0.3) is 0 Å². The van der Waals surface area contributed by atoms with Crippen molar-refractivity contribution in [2.45, 2.75) is 13.3 Å². The molecule has 0 atom stereocenters. The Labute approximate surface area is 104 Å². The van der Waals surface area contributed by atoms with Crippen molar-refractivity contribution in [2.24, 2.45) is 0 Å². The van der Waals surface area contributed by atoms with Gasteiger partial charge in [-0.2, -0.15) is 0 Å².